The average molecular weight is 272 g/mol. The molecule has 0 bridgehead atoms. The summed E-state index contributed by atoms with van der Waals surface area (Å²) in [6.45, 7) is 2.86. The molecule has 0 aliphatic carbocycles. The Kier molecular flexibility index (Phi) is 4.18. The second-order valence-electron chi connectivity index (χ2n) is 3.98. The minimum Gasteiger partial charge on any atom is -0.378 e. The molecular formula is C11H16N2O4S. The second kappa shape index (κ2) is 5.66. The van der Waals surface area contributed by atoms with Crippen molar-refractivity contribution in [3.05, 3.63) is 29.8 Å². The molecule has 6 nitrogen and oxygen atoms in total. The lowest BCUT2D eigenvalue weighted by molar-refractivity contribution is 0.122. The van der Waals surface area contributed by atoms with Crippen LogP contribution in [0.2, 0.25) is 0 Å². The quantitative estimate of drug-likeness (QED) is 0.849. The topological polar surface area (TPSA) is 81.9 Å². The van der Waals surface area contributed by atoms with Crippen molar-refractivity contribution < 1.29 is 17.3 Å². The highest BCUT2D eigenvalue weighted by Gasteiger charge is 2.15. The predicted octanol–water partition coefficient (Wildman–Crippen LogP) is 0.243. The van der Waals surface area contributed by atoms with Gasteiger partial charge in [0, 0.05) is 24.3 Å². The first-order chi connectivity index (χ1) is 8.56. The fraction of sp³-hybridized carbons (Fsp3) is 0.455. The molecule has 0 amide bonds. The first-order valence-electron chi connectivity index (χ1n) is 5.64. The summed E-state index contributed by atoms with van der Waals surface area (Å²) in [6.07, 6.45) is 0. The van der Waals surface area contributed by atoms with Crippen LogP contribution in [0.15, 0.2) is 24.3 Å². The molecule has 7 heteroatoms. The molecule has 0 aromatic heterocycles. The maximum Gasteiger partial charge on any atom is 0.333 e. The number of anilines is 1. The molecule has 0 saturated carbocycles. The third-order valence-corrected chi connectivity index (χ3v) is 3.17. The van der Waals surface area contributed by atoms with E-state index in [0.29, 0.717) is 13.2 Å². The summed E-state index contributed by atoms with van der Waals surface area (Å²) in [4.78, 5) is 2.14. The van der Waals surface area contributed by atoms with Crippen LogP contribution < -0.4 is 10.0 Å². The van der Waals surface area contributed by atoms with E-state index in [9.17, 15) is 8.42 Å². The van der Waals surface area contributed by atoms with Gasteiger partial charge in [-0.05, 0) is 6.07 Å². The van der Waals surface area contributed by atoms with Crippen molar-refractivity contribution in [3.8, 4) is 0 Å². The summed E-state index contributed by atoms with van der Waals surface area (Å²) in [7, 11) is -3.91. The van der Waals surface area contributed by atoms with Gasteiger partial charge in [0.2, 0.25) is 0 Å². The van der Waals surface area contributed by atoms with Crippen molar-refractivity contribution in [2.75, 3.05) is 31.2 Å². The maximum absolute atomic E-state index is 10.8. The van der Waals surface area contributed by atoms with Crippen LogP contribution in [0.5, 0.6) is 0 Å². The number of nitrogens with two attached hydrogens (primary N) is 1. The zero-order valence-corrected chi connectivity index (χ0v) is 10.7. The Bertz CT molecular complexity index is 498. The van der Waals surface area contributed by atoms with Gasteiger partial charge in [0.15, 0.2) is 0 Å². The average Bonchev–Trinajstić information content (AvgIpc) is 2.37. The molecular weight excluding hydrogens is 256 g/mol. The molecule has 0 atom stereocenters. The van der Waals surface area contributed by atoms with E-state index in [-0.39, 0.29) is 6.61 Å². The lowest BCUT2D eigenvalue weighted by Crippen LogP contribution is -2.36. The number of hydrogen-bond acceptors (Lipinski definition) is 5. The van der Waals surface area contributed by atoms with Gasteiger partial charge in [-0.1, -0.05) is 18.2 Å². The lowest BCUT2D eigenvalue weighted by Gasteiger charge is -2.30. The van der Waals surface area contributed by atoms with E-state index in [1.54, 1.807) is 0 Å². The Labute approximate surface area is 107 Å². The molecule has 100 valence electrons. The monoisotopic (exact) mass is 272 g/mol. The summed E-state index contributed by atoms with van der Waals surface area (Å²) in [5, 5.41) is 4.83. The van der Waals surface area contributed by atoms with E-state index < -0.39 is 10.3 Å². The molecule has 1 fully saturated rings. The van der Waals surface area contributed by atoms with Gasteiger partial charge in [0.1, 0.15) is 0 Å². The molecule has 0 spiro atoms. The summed E-state index contributed by atoms with van der Waals surface area (Å²) >= 11 is 0. The van der Waals surface area contributed by atoms with Crippen LogP contribution in [0, 0.1) is 0 Å². The molecule has 2 N–H and O–H groups in total. The molecule has 0 unspecified atom stereocenters. The lowest BCUT2D eigenvalue weighted by atomic mass is 10.1. The molecule has 1 heterocycles. The Balaban J connectivity index is 2.14. The molecule has 18 heavy (non-hydrogen) atoms. The van der Waals surface area contributed by atoms with Gasteiger partial charge in [-0.15, -0.1) is 0 Å². The van der Waals surface area contributed by atoms with Gasteiger partial charge in [0.25, 0.3) is 0 Å². The largest absolute Gasteiger partial charge is 0.378 e. The van der Waals surface area contributed by atoms with Crippen molar-refractivity contribution in [1.82, 2.24) is 0 Å². The van der Waals surface area contributed by atoms with Crippen molar-refractivity contribution in [1.29, 1.82) is 0 Å². The summed E-state index contributed by atoms with van der Waals surface area (Å²) in [5.74, 6) is 0. The van der Waals surface area contributed by atoms with Gasteiger partial charge in [-0.2, -0.15) is 8.42 Å². The SMILES string of the molecule is NS(=O)(=O)OCc1ccccc1N1CCOCC1. The summed E-state index contributed by atoms with van der Waals surface area (Å²) in [5.41, 5.74) is 1.76. The van der Waals surface area contributed by atoms with Crippen LogP contribution in [-0.2, 0) is 25.8 Å². The van der Waals surface area contributed by atoms with Crippen molar-refractivity contribution in [3.63, 3.8) is 0 Å². The molecule has 1 saturated heterocycles. The number of ether oxygens (including phenoxy) is 1. The third kappa shape index (κ3) is 3.67. The number of nitrogens with zero attached hydrogens (tertiary/aromatic N) is 1. The van der Waals surface area contributed by atoms with E-state index in [4.69, 9.17) is 9.88 Å². The first-order valence-corrected chi connectivity index (χ1v) is 7.11. The molecule has 0 radical (unpaired) electrons. The number of morpholine rings is 1. The predicted molar refractivity (Wildman–Crippen MR) is 67.4 cm³/mol. The standard InChI is InChI=1S/C11H16N2O4S/c12-18(14,15)17-9-10-3-1-2-4-11(10)13-5-7-16-8-6-13/h1-4H,5-9H2,(H2,12,14,15). The van der Waals surface area contributed by atoms with E-state index in [2.05, 4.69) is 9.08 Å². The smallest absolute Gasteiger partial charge is 0.333 e. The highest BCUT2D eigenvalue weighted by atomic mass is 32.2. The van der Waals surface area contributed by atoms with Crippen LogP contribution in [0.25, 0.3) is 0 Å². The first kappa shape index (κ1) is 13.3. The molecule has 1 aliphatic rings. The summed E-state index contributed by atoms with van der Waals surface area (Å²) < 4.78 is 31.6. The van der Waals surface area contributed by atoms with E-state index in [1.807, 2.05) is 24.3 Å². The van der Waals surface area contributed by atoms with Crippen LogP contribution in [0.4, 0.5) is 5.69 Å². The highest BCUT2D eigenvalue weighted by Crippen LogP contribution is 2.22. The minimum absolute atomic E-state index is 0.0492. The normalized spacial score (nSPS) is 16.8. The minimum atomic E-state index is -3.91. The Hall–Kier alpha value is -1.15. The van der Waals surface area contributed by atoms with E-state index in [0.717, 1.165) is 24.3 Å². The molecule has 1 aromatic rings. The number of benzene rings is 1. The van der Waals surface area contributed by atoms with E-state index in [1.165, 1.54) is 0 Å². The van der Waals surface area contributed by atoms with E-state index >= 15 is 0 Å². The number of hydrogen-bond donors (Lipinski definition) is 1. The Morgan fingerprint density at radius 1 is 1.28 bits per heavy atom. The van der Waals surface area contributed by atoms with Crippen LogP contribution in [0.3, 0.4) is 0 Å². The van der Waals surface area contributed by atoms with Crippen LogP contribution in [0.1, 0.15) is 5.56 Å². The van der Waals surface area contributed by atoms with Crippen molar-refractivity contribution in [2.45, 2.75) is 6.61 Å². The van der Waals surface area contributed by atoms with Crippen molar-refractivity contribution in [2.24, 2.45) is 5.14 Å². The fourth-order valence-corrected chi connectivity index (χ4v) is 2.18. The van der Waals surface area contributed by atoms with Crippen molar-refractivity contribution >= 4 is 16.0 Å². The Morgan fingerprint density at radius 2 is 1.94 bits per heavy atom. The zero-order valence-electron chi connectivity index (χ0n) is 9.91. The Morgan fingerprint density at radius 3 is 2.61 bits per heavy atom. The highest BCUT2D eigenvalue weighted by molar-refractivity contribution is 7.84. The molecule has 1 aromatic carbocycles. The molecule has 2 rings (SSSR count). The van der Waals surface area contributed by atoms with Gasteiger partial charge in [-0.25, -0.2) is 5.14 Å². The van der Waals surface area contributed by atoms with Gasteiger partial charge < -0.3 is 9.64 Å². The van der Waals surface area contributed by atoms with Gasteiger partial charge in [0.05, 0.1) is 19.8 Å². The second-order valence-corrected chi connectivity index (χ2v) is 5.20. The zero-order chi connectivity index (χ0) is 13.0. The van der Waals surface area contributed by atoms with Gasteiger partial charge in [-0.3, -0.25) is 4.18 Å². The third-order valence-electron chi connectivity index (χ3n) is 2.72. The number of rotatable bonds is 4. The number of para-hydroxylation sites is 1. The maximum atomic E-state index is 10.8. The van der Waals surface area contributed by atoms with Crippen LogP contribution >= 0.6 is 0 Å². The van der Waals surface area contributed by atoms with Gasteiger partial charge >= 0.3 is 10.3 Å². The fourth-order valence-electron chi connectivity index (χ4n) is 1.89. The summed E-state index contributed by atoms with van der Waals surface area (Å²) in [6, 6.07) is 7.51. The van der Waals surface area contributed by atoms with Crippen LogP contribution in [-0.4, -0.2) is 34.7 Å². The molecule has 1 aliphatic heterocycles.